The molecule has 0 amide bonds. The SMILES string of the molecule is Cc1ccc(OC2CCOC3(CCCC3)C2)c(CO)c1. The van der Waals surface area contributed by atoms with Gasteiger partial charge in [0.25, 0.3) is 0 Å². The predicted octanol–water partition coefficient (Wildman–Crippen LogP) is 3.36. The predicted molar refractivity (Wildman–Crippen MR) is 77.9 cm³/mol. The Morgan fingerprint density at radius 2 is 2.15 bits per heavy atom. The van der Waals surface area contributed by atoms with Crippen LogP contribution in [-0.2, 0) is 11.3 Å². The molecule has 1 atom stereocenters. The molecule has 0 bridgehead atoms. The number of benzene rings is 1. The smallest absolute Gasteiger partial charge is 0.125 e. The average Bonchev–Trinajstić information content (AvgIpc) is 2.89. The molecule has 0 aromatic heterocycles. The molecule has 1 aromatic carbocycles. The van der Waals surface area contributed by atoms with Gasteiger partial charge in [-0.05, 0) is 25.8 Å². The maximum absolute atomic E-state index is 9.47. The van der Waals surface area contributed by atoms with Crippen molar-refractivity contribution >= 4 is 0 Å². The molecule has 1 aliphatic carbocycles. The van der Waals surface area contributed by atoms with Crippen molar-refractivity contribution in [2.75, 3.05) is 6.61 Å². The van der Waals surface area contributed by atoms with Crippen LogP contribution >= 0.6 is 0 Å². The zero-order chi connectivity index (χ0) is 14.0. The Balaban J connectivity index is 1.71. The summed E-state index contributed by atoms with van der Waals surface area (Å²) in [6, 6.07) is 6.02. The Bertz CT molecular complexity index is 463. The standard InChI is InChI=1S/C17H24O3/c1-13-4-5-16(14(10-13)12-18)20-15-6-9-19-17(11-15)7-2-3-8-17/h4-5,10,15,18H,2-3,6-9,11-12H2,1H3. The monoisotopic (exact) mass is 276 g/mol. The van der Waals surface area contributed by atoms with E-state index in [1.807, 2.05) is 25.1 Å². The topological polar surface area (TPSA) is 38.7 Å². The van der Waals surface area contributed by atoms with E-state index in [-0.39, 0.29) is 18.3 Å². The van der Waals surface area contributed by atoms with E-state index in [1.54, 1.807) is 0 Å². The molecule has 3 heteroatoms. The van der Waals surface area contributed by atoms with Gasteiger partial charge in [-0.15, -0.1) is 0 Å². The zero-order valence-corrected chi connectivity index (χ0v) is 12.2. The summed E-state index contributed by atoms with van der Waals surface area (Å²) in [5.74, 6) is 0.832. The van der Waals surface area contributed by atoms with Crippen LogP contribution in [0.1, 0.15) is 49.7 Å². The molecule has 110 valence electrons. The number of hydrogen-bond acceptors (Lipinski definition) is 3. The molecule has 1 saturated heterocycles. The molecule has 2 fully saturated rings. The molecule has 1 N–H and O–H groups in total. The van der Waals surface area contributed by atoms with Crippen molar-refractivity contribution in [3.05, 3.63) is 29.3 Å². The number of aliphatic hydroxyl groups is 1. The summed E-state index contributed by atoms with van der Waals surface area (Å²) in [7, 11) is 0. The number of ether oxygens (including phenoxy) is 2. The first-order chi connectivity index (χ1) is 9.71. The number of rotatable bonds is 3. The molecule has 1 saturated carbocycles. The van der Waals surface area contributed by atoms with Crippen LogP contribution in [0.3, 0.4) is 0 Å². The molecule has 20 heavy (non-hydrogen) atoms. The van der Waals surface area contributed by atoms with Crippen molar-refractivity contribution in [2.45, 2.75) is 63.8 Å². The summed E-state index contributed by atoms with van der Waals surface area (Å²) in [4.78, 5) is 0. The van der Waals surface area contributed by atoms with E-state index in [9.17, 15) is 5.11 Å². The second kappa shape index (κ2) is 5.74. The quantitative estimate of drug-likeness (QED) is 0.920. The maximum atomic E-state index is 9.47. The molecule has 1 unspecified atom stereocenters. The molecule has 3 nitrogen and oxygen atoms in total. The van der Waals surface area contributed by atoms with Gasteiger partial charge in [-0.25, -0.2) is 0 Å². The highest BCUT2D eigenvalue weighted by Gasteiger charge is 2.40. The van der Waals surface area contributed by atoms with Crippen LogP contribution in [-0.4, -0.2) is 23.4 Å². The van der Waals surface area contributed by atoms with E-state index in [0.717, 1.165) is 36.3 Å². The summed E-state index contributed by atoms with van der Waals surface area (Å²) in [5.41, 5.74) is 2.12. The first kappa shape index (κ1) is 13.9. The van der Waals surface area contributed by atoms with E-state index in [2.05, 4.69) is 0 Å². The van der Waals surface area contributed by atoms with Gasteiger partial charge in [0.1, 0.15) is 11.9 Å². The van der Waals surface area contributed by atoms with E-state index in [0.29, 0.717) is 0 Å². The molecule has 3 rings (SSSR count). The van der Waals surface area contributed by atoms with Crippen molar-refractivity contribution in [3.8, 4) is 5.75 Å². The summed E-state index contributed by atoms with van der Waals surface area (Å²) in [6.45, 7) is 2.86. The van der Waals surface area contributed by atoms with Crippen molar-refractivity contribution in [3.63, 3.8) is 0 Å². The van der Waals surface area contributed by atoms with Crippen LogP contribution in [0.2, 0.25) is 0 Å². The van der Waals surface area contributed by atoms with Crippen LogP contribution in [0, 0.1) is 6.92 Å². The maximum Gasteiger partial charge on any atom is 0.125 e. The normalized spacial score (nSPS) is 25.0. The lowest BCUT2D eigenvalue weighted by Gasteiger charge is -2.38. The third kappa shape index (κ3) is 2.84. The van der Waals surface area contributed by atoms with Crippen LogP contribution in [0.15, 0.2) is 18.2 Å². The van der Waals surface area contributed by atoms with Crippen molar-refractivity contribution in [1.29, 1.82) is 0 Å². The van der Waals surface area contributed by atoms with Gasteiger partial charge in [-0.3, -0.25) is 0 Å². The number of hydrogen-bond donors (Lipinski definition) is 1. The average molecular weight is 276 g/mol. The Kier molecular flexibility index (Phi) is 3.99. The fourth-order valence-corrected chi connectivity index (χ4v) is 3.58. The minimum absolute atomic E-state index is 0.0331. The fourth-order valence-electron chi connectivity index (χ4n) is 3.58. The van der Waals surface area contributed by atoms with E-state index in [4.69, 9.17) is 9.47 Å². The Labute approximate surface area is 120 Å². The lowest BCUT2D eigenvalue weighted by atomic mass is 9.90. The highest BCUT2D eigenvalue weighted by molar-refractivity contribution is 5.36. The van der Waals surface area contributed by atoms with Gasteiger partial charge >= 0.3 is 0 Å². The van der Waals surface area contributed by atoms with Crippen molar-refractivity contribution in [1.82, 2.24) is 0 Å². The lowest BCUT2D eigenvalue weighted by Crippen LogP contribution is -2.41. The van der Waals surface area contributed by atoms with Crippen LogP contribution in [0.5, 0.6) is 5.75 Å². The third-order valence-corrected chi connectivity index (χ3v) is 4.64. The van der Waals surface area contributed by atoms with Gasteiger partial charge in [0, 0.05) is 18.4 Å². The second-order valence-corrected chi connectivity index (χ2v) is 6.24. The number of aryl methyl sites for hydroxylation is 1. The first-order valence-electron chi connectivity index (χ1n) is 7.72. The molecular weight excluding hydrogens is 252 g/mol. The second-order valence-electron chi connectivity index (χ2n) is 6.24. The minimum atomic E-state index is 0.0331. The van der Waals surface area contributed by atoms with E-state index < -0.39 is 0 Å². The summed E-state index contributed by atoms with van der Waals surface area (Å²) >= 11 is 0. The van der Waals surface area contributed by atoms with Crippen molar-refractivity contribution in [2.24, 2.45) is 0 Å². The largest absolute Gasteiger partial charge is 0.490 e. The highest BCUT2D eigenvalue weighted by atomic mass is 16.5. The van der Waals surface area contributed by atoms with Gasteiger partial charge in [0.05, 0.1) is 18.8 Å². The van der Waals surface area contributed by atoms with Gasteiger partial charge in [0.15, 0.2) is 0 Å². The third-order valence-electron chi connectivity index (χ3n) is 4.64. The molecule has 1 spiro atoms. The molecule has 0 radical (unpaired) electrons. The number of aliphatic hydroxyl groups excluding tert-OH is 1. The zero-order valence-electron chi connectivity index (χ0n) is 12.2. The molecule has 1 heterocycles. The molecule has 1 aromatic rings. The Hall–Kier alpha value is -1.06. The first-order valence-corrected chi connectivity index (χ1v) is 7.72. The fraction of sp³-hybridized carbons (Fsp3) is 0.647. The van der Waals surface area contributed by atoms with E-state index in [1.165, 1.54) is 25.7 Å². The minimum Gasteiger partial charge on any atom is -0.490 e. The lowest BCUT2D eigenvalue weighted by molar-refractivity contribution is -0.108. The molecular formula is C17H24O3. The highest BCUT2D eigenvalue weighted by Crippen LogP contribution is 2.41. The Morgan fingerprint density at radius 3 is 2.90 bits per heavy atom. The Morgan fingerprint density at radius 1 is 1.35 bits per heavy atom. The summed E-state index contributed by atoms with van der Waals surface area (Å²) in [6.07, 6.45) is 7.06. The molecule has 1 aliphatic heterocycles. The van der Waals surface area contributed by atoms with Gasteiger partial charge < -0.3 is 14.6 Å². The summed E-state index contributed by atoms with van der Waals surface area (Å²) < 4.78 is 12.2. The van der Waals surface area contributed by atoms with Gasteiger partial charge in [-0.1, -0.05) is 30.5 Å². The van der Waals surface area contributed by atoms with Gasteiger partial charge in [-0.2, -0.15) is 0 Å². The van der Waals surface area contributed by atoms with Crippen LogP contribution < -0.4 is 4.74 Å². The van der Waals surface area contributed by atoms with E-state index >= 15 is 0 Å². The van der Waals surface area contributed by atoms with Gasteiger partial charge in [0.2, 0.25) is 0 Å². The summed E-state index contributed by atoms with van der Waals surface area (Å²) in [5, 5.41) is 9.47. The van der Waals surface area contributed by atoms with Crippen LogP contribution in [0.4, 0.5) is 0 Å². The van der Waals surface area contributed by atoms with Crippen LogP contribution in [0.25, 0.3) is 0 Å². The molecule has 2 aliphatic rings. The van der Waals surface area contributed by atoms with Crippen molar-refractivity contribution < 1.29 is 14.6 Å².